The molecule has 1 saturated heterocycles. The molecule has 0 aliphatic carbocycles. The van der Waals surface area contributed by atoms with Crippen molar-refractivity contribution in [2.45, 2.75) is 45.2 Å². The van der Waals surface area contributed by atoms with Gasteiger partial charge in [-0.15, -0.1) is 23.7 Å². The summed E-state index contributed by atoms with van der Waals surface area (Å²) in [6, 6.07) is 2.75. The van der Waals surface area contributed by atoms with Crippen LogP contribution in [0.4, 0.5) is 0 Å². The third-order valence-corrected chi connectivity index (χ3v) is 5.86. The highest BCUT2D eigenvalue weighted by Gasteiger charge is 2.26. The first-order chi connectivity index (χ1) is 10.8. The molecule has 1 fully saturated rings. The van der Waals surface area contributed by atoms with Gasteiger partial charge in [0.2, 0.25) is 5.91 Å². The van der Waals surface area contributed by atoms with E-state index in [9.17, 15) is 4.79 Å². The van der Waals surface area contributed by atoms with Crippen LogP contribution in [0.25, 0.3) is 0 Å². The average molecular weight is 358 g/mol. The lowest BCUT2D eigenvalue weighted by molar-refractivity contribution is -0.134. The Bertz CT molecular complexity index is 502. The standard InChI is InChI=1S/C17H27N3OS.ClH/c1-2-9-19(15-3-7-18-8-4-15)13-17(21)20-10-5-16-14(12-20)6-11-22-16;/h6,11,15,18H,2-5,7-10,12-13H2,1H3;1H. The number of carbonyl (C=O) groups excluding carboxylic acids is 1. The van der Waals surface area contributed by atoms with Gasteiger partial charge < -0.3 is 10.2 Å². The van der Waals surface area contributed by atoms with Crippen LogP contribution in [0.5, 0.6) is 0 Å². The van der Waals surface area contributed by atoms with Crippen LogP contribution >= 0.6 is 23.7 Å². The molecule has 0 spiro atoms. The molecule has 0 saturated carbocycles. The molecular weight excluding hydrogens is 330 g/mol. The Balaban J connectivity index is 0.00000192. The van der Waals surface area contributed by atoms with Gasteiger partial charge in [0.25, 0.3) is 0 Å². The molecule has 23 heavy (non-hydrogen) atoms. The van der Waals surface area contributed by atoms with E-state index in [0.717, 1.165) is 45.6 Å². The van der Waals surface area contributed by atoms with E-state index in [0.29, 0.717) is 18.5 Å². The fourth-order valence-electron chi connectivity index (χ4n) is 3.58. The zero-order chi connectivity index (χ0) is 15.4. The molecule has 130 valence electrons. The molecule has 1 amide bonds. The topological polar surface area (TPSA) is 35.6 Å². The summed E-state index contributed by atoms with van der Waals surface area (Å²) < 4.78 is 0. The van der Waals surface area contributed by atoms with Crippen molar-refractivity contribution in [2.24, 2.45) is 0 Å². The fourth-order valence-corrected chi connectivity index (χ4v) is 4.47. The number of carbonyl (C=O) groups is 1. The third kappa shape index (κ3) is 4.69. The molecule has 0 radical (unpaired) electrons. The smallest absolute Gasteiger partial charge is 0.237 e. The van der Waals surface area contributed by atoms with Crippen LogP contribution in [0.15, 0.2) is 11.4 Å². The van der Waals surface area contributed by atoms with Gasteiger partial charge in [-0.05, 0) is 62.3 Å². The highest BCUT2D eigenvalue weighted by molar-refractivity contribution is 7.10. The van der Waals surface area contributed by atoms with E-state index in [-0.39, 0.29) is 12.4 Å². The van der Waals surface area contributed by atoms with E-state index in [1.165, 1.54) is 23.3 Å². The maximum Gasteiger partial charge on any atom is 0.237 e. The Morgan fingerprint density at radius 2 is 2.22 bits per heavy atom. The molecule has 1 aromatic heterocycles. The summed E-state index contributed by atoms with van der Waals surface area (Å²) in [7, 11) is 0. The molecule has 2 aliphatic rings. The summed E-state index contributed by atoms with van der Waals surface area (Å²) in [6.45, 7) is 7.70. The molecule has 0 bridgehead atoms. The Hall–Kier alpha value is -0.620. The third-order valence-electron chi connectivity index (χ3n) is 4.83. The first kappa shape index (κ1) is 18.7. The van der Waals surface area contributed by atoms with E-state index < -0.39 is 0 Å². The summed E-state index contributed by atoms with van der Waals surface area (Å²) in [5.41, 5.74) is 1.36. The van der Waals surface area contributed by atoms with Crippen LogP contribution in [0.1, 0.15) is 36.6 Å². The number of halogens is 1. The first-order valence-electron chi connectivity index (χ1n) is 8.55. The van der Waals surface area contributed by atoms with Gasteiger partial charge in [-0.1, -0.05) is 6.92 Å². The van der Waals surface area contributed by atoms with Crippen molar-refractivity contribution < 1.29 is 4.79 Å². The largest absolute Gasteiger partial charge is 0.337 e. The van der Waals surface area contributed by atoms with Crippen molar-refractivity contribution in [2.75, 3.05) is 32.7 Å². The van der Waals surface area contributed by atoms with Gasteiger partial charge in [0, 0.05) is 24.0 Å². The van der Waals surface area contributed by atoms with Crippen molar-refractivity contribution in [1.82, 2.24) is 15.1 Å². The quantitative estimate of drug-likeness (QED) is 0.879. The molecule has 0 aromatic carbocycles. The minimum absolute atomic E-state index is 0. The van der Waals surface area contributed by atoms with Crippen LogP contribution in [-0.2, 0) is 17.8 Å². The zero-order valence-electron chi connectivity index (χ0n) is 13.9. The monoisotopic (exact) mass is 357 g/mol. The number of amides is 1. The molecule has 0 atom stereocenters. The Morgan fingerprint density at radius 1 is 1.43 bits per heavy atom. The zero-order valence-corrected chi connectivity index (χ0v) is 15.6. The summed E-state index contributed by atoms with van der Waals surface area (Å²) in [4.78, 5) is 18.7. The van der Waals surface area contributed by atoms with Crippen LogP contribution in [0.2, 0.25) is 0 Å². The molecule has 2 aliphatic heterocycles. The highest BCUT2D eigenvalue weighted by atomic mass is 35.5. The van der Waals surface area contributed by atoms with E-state index >= 15 is 0 Å². The minimum Gasteiger partial charge on any atom is -0.337 e. The van der Waals surface area contributed by atoms with E-state index in [2.05, 4.69) is 33.5 Å². The lowest BCUT2D eigenvalue weighted by atomic mass is 10.0. The van der Waals surface area contributed by atoms with Crippen molar-refractivity contribution in [3.63, 3.8) is 0 Å². The predicted molar refractivity (Wildman–Crippen MR) is 98.4 cm³/mol. The van der Waals surface area contributed by atoms with Crippen molar-refractivity contribution in [3.05, 3.63) is 21.9 Å². The number of fused-ring (bicyclic) bond motifs is 1. The van der Waals surface area contributed by atoms with Crippen LogP contribution in [0, 0.1) is 0 Å². The number of piperidine rings is 1. The number of thiophene rings is 1. The molecule has 3 rings (SSSR count). The van der Waals surface area contributed by atoms with Crippen molar-refractivity contribution in [1.29, 1.82) is 0 Å². The van der Waals surface area contributed by atoms with Gasteiger partial charge in [-0.25, -0.2) is 0 Å². The second-order valence-electron chi connectivity index (χ2n) is 6.39. The summed E-state index contributed by atoms with van der Waals surface area (Å²) in [5.74, 6) is 0.309. The van der Waals surface area contributed by atoms with Crippen LogP contribution < -0.4 is 5.32 Å². The number of hydrogen-bond acceptors (Lipinski definition) is 4. The number of rotatable bonds is 5. The lowest BCUT2D eigenvalue weighted by Gasteiger charge is -2.36. The Labute approximate surface area is 149 Å². The highest BCUT2D eigenvalue weighted by Crippen LogP contribution is 2.24. The Kier molecular flexibility index (Phi) is 7.34. The van der Waals surface area contributed by atoms with Gasteiger partial charge in [0.15, 0.2) is 0 Å². The SMILES string of the molecule is CCCN(CC(=O)N1CCc2sccc2C1)C1CCNCC1.Cl. The first-order valence-corrected chi connectivity index (χ1v) is 9.43. The maximum atomic E-state index is 12.7. The van der Waals surface area contributed by atoms with E-state index in [1.54, 1.807) is 0 Å². The van der Waals surface area contributed by atoms with Crippen LogP contribution in [-0.4, -0.2) is 54.5 Å². The Morgan fingerprint density at radius 3 is 2.96 bits per heavy atom. The normalized spacial score (nSPS) is 18.6. The molecule has 0 unspecified atom stereocenters. The van der Waals surface area contributed by atoms with Gasteiger partial charge in [-0.3, -0.25) is 9.69 Å². The summed E-state index contributed by atoms with van der Waals surface area (Å²) in [5, 5.41) is 5.57. The van der Waals surface area contributed by atoms with Gasteiger partial charge in [-0.2, -0.15) is 0 Å². The second kappa shape index (κ2) is 9.02. The van der Waals surface area contributed by atoms with E-state index in [1.807, 2.05) is 11.3 Å². The summed E-state index contributed by atoms with van der Waals surface area (Å²) in [6.07, 6.45) is 4.48. The van der Waals surface area contributed by atoms with Gasteiger partial charge >= 0.3 is 0 Å². The average Bonchev–Trinajstić information content (AvgIpc) is 3.02. The minimum atomic E-state index is 0. The molecule has 1 aromatic rings. The van der Waals surface area contributed by atoms with E-state index in [4.69, 9.17) is 0 Å². The predicted octanol–water partition coefficient (Wildman–Crippen LogP) is 2.52. The van der Waals surface area contributed by atoms with Gasteiger partial charge in [0.1, 0.15) is 0 Å². The molecule has 6 heteroatoms. The molecule has 4 nitrogen and oxygen atoms in total. The second-order valence-corrected chi connectivity index (χ2v) is 7.39. The number of nitrogens with zero attached hydrogens (tertiary/aromatic N) is 2. The number of hydrogen-bond donors (Lipinski definition) is 1. The van der Waals surface area contributed by atoms with Crippen molar-refractivity contribution in [3.8, 4) is 0 Å². The van der Waals surface area contributed by atoms with Gasteiger partial charge in [0.05, 0.1) is 6.54 Å². The maximum absolute atomic E-state index is 12.7. The lowest BCUT2D eigenvalue weighted by Crippen LogP contribution is -2.49. The number of nitrogens with one attached hydrogen (secondary N) is 1. The van der Waals surface area contributed by atoms with Crippen molar-refractivity contribution >= 4 is 29.7 Å². The molecular formula is C17H28ClN3OS. The van der Waals surface area contributed by atoms with Crippen LogP contribution in [0.3, 0.4) is 0 Å². The molecule has 1 N–H and O–H groups in total. The summed E-state index contributed by atoms with van der Waals surface area (Å²) >= 11 is 1.83. The molecule has 3 heterocycles. The fraction of sp³-hybridized carbons (Fsp3) is 0.706.